The highest BCUT2D eigenvalue weighted by Gasteiger charge is 2.16. The molecule has 0 bridgehead atoms. The number of aryl methyl sites for hydroxylation is 1. The van der Waals surface area contributed by atoms with Gasteiger partial charge in [-0.1, -0.05) is 0 Å². The minimum absolute atomic E-state index is 0.00430. The number of carbonyl (C=O) groups is 1. The lowest BCUT2D eigenvalue weighted by Gasteiger charge is -2.26. The van der Waals surface area contributed by atoms with Crippen molar-refractivity contribution >= 4 is 11.7 Å². The predicted molar refractivity (Wildman–Crippen MR) is 62.3 cm³/mol. The first-order valence-corrected chi connectivity index (χ1v) is 5.88. The molecule has 1 aromatic rings. The highest BCUT2D eigenvalue weighted by atomic mass is 16.2. The fourth-order valence-corrected chi connectivity index (χ4v) is 1.90. The van der Waals surface area contributed by atoms with Crippen LogP contribution in [0.15, 0.2) is 12.4 Å². The van der Waals surface area contributed by atoms with Crippen LogP contribution in [-0.4, -0.2) is 33.8 Å². The van der Waals surface area contributed by atoms with Crippen LogP contribution < -0.4 is 5.32 Å². The average Bonchev–Trinajstić information content (AvgIpc) is 2.78. The smallest absolute Gasteiger partial charge is 0.321 e. The quantitative estimate of drug-likeness (QED) is 0.831. The maximum atomic E-state index is 11.8. The number of nitrogens with zero attached hydrogens (tertiary/aromatic N) is 3. The van der Waals surface area contributed by atoms with E-state index in [2.05, 4.69) is 10.4 Å². The second-order valence-corrected chi connectivity index (χ2v) is 4.06. The second kappa shape index (κ2) is 5.01. The van der Waals surface area contributed by atoms with E-state index in [4.69, 9.17) is 0 Å². The number of nitrogens with one attached hydrogen (secondary N) is 1. The van der Waals surface area contributed by atoms with Gasteiger partial charge in [-0.15, -0.1) is 0 Å². The fraction of sp³-hybridized carbons (Fsp3) is 0.636. The molecule has 1 N–H and O–H groups in total. The van der Waals surface area contributed by atoms with Crippen molar-refractivity contribution < 1.29 is 4.79 Å². The summed E-state index contributed by atoms with van der Waals surface area (Å²) in [7, 11) is 0. The van der Waals surface area contributed by atoms with Crippen molar-refractivity contribution in [2.24, 2.45) is 0 Å². The van der Waals surface area contributed by atoms with Crippen LogP contribution in [0.5, 0.6) is 0 Å². The van der Waals surface area contributed by atoms with Gasteiger partial charge in [-0.05, 0) is 26.2 Å². The number of aromatic nitrogens is 2. The molecule has 2 rings (SSSR count). The fourth-order valence-electron chi connectivity index (χ4n) is 1.90. The van der Waals surface area contributed by atoms with E-state index in [1.807, 2.05) is 18.0 Å². The number of anilines is 1. The van der Waals surface area contributed by atoms with Gasteiger partial charge in [0, 0.05) is 25.8 Å². The molecule has 5 nitrogen and oxygen atoms in total. The normalized spacial score (nSPS) is 16.2. The molecule has 0 atom stereocenters. The van der Waals surface area contributed by atoms with Gasteiger partial charge in [0.25, 0.3) is 0 Å². The molecule has 16 heavy (non-hydrogen) atoms. The molecule has 0 spiro atoms. The van der Waals surface area contributed by atoms with Crippen LogP contribution in [-0.2, 0) is 6.54 Å². The average molecular weight is 222 g/mol. The third-order valence-electron chi connectivity index (χ3n) is 2.85. The molecule has 1 aliphatic rings. The Balaban J connectivity index is 1.90. The molecule has 0 saturated carbocycles. The van der Waals surface area contributed by atoms with Crippen LogP contribution in [0.2, 0.25) is 0 Å². The SMILES string of the molecule is CCn1cc(NC(=O)N2CCCCC2)cn1. The predicted octanol–water partition coefficient (Wildman–Crippen LogP) is 1.92. The lowest BCUT2D eigenvalue weighted by atomic mass is 10.1. The van der Waals surface area contributed by atoms with Crippen LogP contribution in [0.25, 0.3) is 0 Å². The highest BCUT2D eigenvalue weighted by Crippen LogP contribution is 2.11. The summed E-state index contributed by atoms with van der Waals surface area (Å²) in [5, 5.41) is 6.99. The van der Waals surface area contributed by atoms with Crippen molar-refractivity contribution in [3.05, 3.63) is 12.4 Å². The Morgan fingerprint density at radius 1 is 1.44 bits per heavy atom. The van der Waals surface area contributed by atoms with Crippen LogP contribution in [0.1, 0.15) is 26.2 Å². The molecule has 88 valence electrons. The van der Waals surface area contributed by atoms with E-state index in [0.717, 1.165) is 38.2 Å². The monoisotopic (exact) mass is 222 g/mol. The summed E-state index contributed by atoms with van der Waals surface area (Å²) in [4.78, 5) is 13.7. The summed E-state index contributed by atoms with van der Waals surface area (Å²) in [6, 6.07) is -0.00430. The summed E-state index contributed by atoms with van der Waals surface area (Å²) >= 11 is 0. The third-order valence-corrected chi connectivity index (χ3v) is 2.85. The lowest BCUT2D eigenvalue weighted by molar-refractivity contribution is 0.200. The summed E-state index contributed by atoms with van der Waals surface area (Å²) in [5.74, 6) is 0. The molecular formula is C11H18N4O. The number of amides is 2. The molecule has 1 aromatic heterocycles. The van der Waals surface area contributed by atoms with Gasteiger partial charge in [0.2, 0.25) is 0 Å². The minimum atomic E-state index is -0.00430. The molecule has 0 radical (unpaired) electrons. The van der Waals surface area contributed by atoms with Crippen molar-refractivity contribution in [3.8, 4) is 0 Å². The Labute approximate surface area is 95.4 Å². The number of rotatable bonds is 2. The molecule has 1 fully saturated rings. The van der Waals surface area contributed by atoms with Crippen molar-refractivity contribution in [3.63, 3.8) is 0 Å². The zero-order valence-corrected chi connectivity index (χ0v) is 9.65. The second-order valence-electron chi connectivity index (χ2n) is 4.06. The van der Waals surface area contributed by atoms with Crippen LogP contribution in [0, 0.1) is 0 Å². The van der Waals surface area contributed by atoms with Gasteiger partial charge in [0.15, 0.2) is 0 Å². The molecule has 5 heteroatoms. The van der Waals surface area contributed by atoms with Crippen molar-refractivity contribution in [2.45, 2.75) is 32.7 Å². The first-order chi connectivity index (χ1) is 7.79. The molecule has 0 aromatic carbocycles. The van der Waals surface area contributed by atoms with Gasteiger partial charge in [-0.2, -0.15) is 5.10 Å². The van der Waals surface area contributed by atoms with E-state index >= 15 is 0 Å². The van der Waals surface area contributed by atoms with E-state index in [1.54, 1.807) is 10.9 Å². The topological polar surface area (TPSA) is 50.2 Å². The Morgan fingerprint density at radius 3 is 2.81 bits per heavy atom. The van der Waals surface area contributed by atoms with E-state index < -0.39 is 0 Å². The van der Waals surface area contributed by atoms with Crippen LogP contribution in [0.3, 0.4) is 0 Å². The molecule has 0 aliphatic carbocycles. The zero-order chi connectivity index (χ0) is 11.4. The Kier molecular flexibility index (Phi) is 3.44. The van der Waals surface area contributed by atoms with E-state index in [-0.39, 0.29) is 6.03 Å². The summed E-state index contributed by atoms with van der Waals surface area (Å²) < 4.78 is 1.80. The Bertz CT molecular complexity index is 355. The van der Waals surface area contributed by atoms with E-state index in [1.165, 1.54) is 6.42 Å². The Morgan fingerprint density at radius 2 is 2.19 bits per heavy atom. The van der Waals surface area contributed by atoms with Crippen molar-refractivity contribution in [2.75, 3.05) is 18.4 Å². The van der Waals surface area contributed by atoms with Crippen molar-refractivity contribution in [1.82, 2.24) is 14.7 Å². The van der Waals surface area contributed by atoms with Gasteiger partial charge in [0.1, 0.15) is 0 Å². The summed E-state index contributed by atoms with van der Waals surface area (Å²) in [5.41, 5.74) is 0.775. The van der Waals surface area contributed by atoms with Crippen LogP contribution >= 0.6 is 0 Å². The highest BCUT2D eigenvalue weighted by molar-refractivity contribution is 5.89. The maximum absolute atomic E-state index is 11.8. The zero-order valence-electron chi connectivity index (χ0n) is 9.65. The molecule has 2 amide bonds. The molecule has 0 unspecified atom stereocenters. The van der Waals surface area contributed by atoms with Gasteiger partial charge >= 0.3 is 6.03 Å². The van der Waals surface area contributed by atoms with Crippen LogP contribution in [0.4, 0.5) is 10.5 Å². The van der Waals surface area contributed by atoms with Crippen molar-refractivity contribution in [1.29, 1.82) is 0 Å². The van der Waals surface area contributed by atoms with E-state index in [0.29, 0.717) is 0 Å². The number of hydrogen-bond acceptors (Lipinski definition) is 2. The van der Waals surface area contributed by atoms with Gasteiger partial charge < -0.3 is 10.2 Å². The Hall–Kier alpha value is -1.52. The number of urea groups is 1. The molecule has 2 heterocycles. The summed E-state index contributed by atoms with van der Waals surface area (Å²) in [6.07, 6.45) is 6.99. The number of carbonyl (C=O) groups excluding carboxylic acids is 1. The van der Waals surface area contributed by atoms with E-state index in [9.17, 15) is 4.79 Å². The number of piperidine rings is 1. The summed E-state index contributed by atoms with van der Waals surface area (Å²) in [6.45, 7) is 4.57. The van der Waals surface area contributed by atoms with Gasteiger partial charge in [-0.25, -0.2) is 4.79 Å². The first-order valence-electron chi connectivity index (χ1n) is 5.88. The van der Waals surface area contributed by atoms with Gasteiger partial charge in [0.05, 0.1) is 11.9 Å². The minimum Gasteiger partial charge on any atom is -0.325 e. The standard InChI is InChI=1S/C11H18N4O/c1-2-15-9-10(8-12-15)13-11(16)14-6-4-3-5-7-14/h8-9H,2-7H2,1H3,(H,13,16). The third kappa shape index (κ3) is 2.53. The first kappa shape index (κ1) is 11.0. The number of hydrogen-bond donors (Lipinski definition) is 1. The van der Waals surface area contributed by atoms with Gasteiger partial charge in [-0.3, -0.25) is 4.68 Å². The maximum Gasteiger partial charge on any atom is 0.321 e. The molecule has 1 aliphatic heterocycles. The largest absolute Gasteiger partial charge is 0.325 e. The lowest BCUT2D eigenvalue weighted by Crippen LogP contribution is -2.38. The molecule has 1 saturated heterocycles. The number of likely N-dealkylation sites (tertiary alicyclic amines) is 1. The molecular weight excluding hydrogens is 204 g/mol.